The molecule has 0 aromatic rings. The van der Waals surface area contributed by atoms with Crippen LogP contribution in [-0.4, -0.2) is 21.7 Å². The van der Waals surface area contributed by atoms with Gasteiger partial charge in [0.05, 0.1) is 0 Å². The minimum absolute atomic E-state index is 0.0753. The average Bonchev–Trinajstić information content (AvgIpc) is 2.12. The molecule has 0 heterocycles. The predicted octanol–water partition coefficient (Wildman–Crippen LogP) is 1.11. The Morgan fingerprint density at radius 2 is 1.86 bits per heavy atom. The van der Waals surface area contributed by atoms with E-state index in [1.165, 1.54) is 6.08 Å². The monoisotopic (exact) mass is 222 g/mol. The minimum atomic E-state index is -2.87. The maximum Gasteiger partial charge on any atom is 0.692 e. The van der Waals surface area contributed by atoms with Gasteiger partial charge in [-0.2, -0.15) is 0 Å². The van der Waals surface area contributed by atoms with Gasteiger partial charge in [-0.1, -0.05) is 20.4 Å². The molecule has 0 spiro atoms. The fraction of sp³-hybridized carbons (Fsp3) is 0.625. The second-order valence-electron chi connectivity index (χ2n) is 2.48. The summed E-state index contributed by atoms with van der Waals surface area (Å²) in [6.45, 7) is 7.48. The third kappa shape index (κ3) is 13.8. The lowest BCUT2D eigenvalue weighted by Gasteiger charge is -2.12. The molecule has 0 saturated heterocycles. The summed E-state index contributed by atoms with van der Waals surface area (Å²) in [5.41, 5.74) is 0. The Labute approximate surface area is 84.8 Å². The van der Waals surface area contributed by atoms with E-state index >= 15 is 0 Å². The fourth-order valence-electron chi connectivity index (χ4n) is 0.753. The Balaban J connectivity index is 0. The van der Waals surface area contributed by atoms with Crippen molar-refractivity contribution in [2.75, 3.05) is 0 Å². The lowest BCUT2D eigenvalue weighted by atomic mass is 10.2. The zero-order valence-corrected chi connectivity index (χ0v) is 9.33. The molecule has 0 aliphatic rings. The molecule has 0 aromatic heterocycles. The molecule has 0 radical (unpaired) electrons. The molecular formula is C8H17NO4P+. The van der Waals surface area contributed by atoms with Gasteiger partial charge in [-0.25, -0.2) is 0 Å². The van der Waals surface area contributed by atoms with Crippen LogP contribution in [0.1, 0.15) is 26.7 Å². The van der Waals surface area contributed by atoms with Crippen LogP contribution in [0.5, 0.6) is 0 Å². The summed E-state index contributed by atoms with van der Waals surface area (Å²) in [4.78, 5) is 25.0. The van der Waals surface area contributed by atoms with Gasteiger partial charge in [0, 0.05) is 10.6 Å². The molecule has 0 atom stereocenters. The second-order valence-corrected chi connectivity index (χ2v) is 2.98. The van der Waals surface area contributed by atoms with Gasteiger partial charge in [-0.05, 0) is 18.9 Å². The van der Waals surface area contributed by atoms with Crippen LogP contribution < -0.4 is 5.32 Å². The van der Waals surface area contributed by atoms with Crippen molar-refractivity contribution in [3.63, 3.8) is 0 Å². The number of rotatable bonds is 4. The highest BCUT2D eigenvalue weighted by atomic mass is 31.1. The van der Waals surface area contributed by atoms with Gasteiger partial charge < -0.3 is 5.32 Å². The molecule has 0 aromatic carbocycles. The summed E-state index contributed by atoms with van der Waals surface area (Å²) in [5, 5.41) is 2.81. The largest absolute Gasteiger partial charge is 0.692 e. The normalized spacial score (nSPS) is 8.64. The number of carbonyl (C=O) groups is 1. The van der Waals surface area contributed by atoms with E-state index in [-0.39, 0.29) is 5.91 Å². The standard InChI is InChI=1S/C8H15NO.HO3P/c1-4-7(5-2)9-8(10)6-3;1-4(2)3/h6-7H,3-5H2,1-2H3,(H,9,10);(H-,1,2,3)/p+1. The van der Waals surface area contributed by atoms with Gasteiger partial charge in [0.2, 0.25) is 5.91 Å². The number of amides is 1. The summed E-state index contributed by atoms with van der Waals surface area (Å²) in [6.07, 6.45) is 3.27. The van der Waals surface area contributed by atoms with Crippen LogP contribution in [0.2, 0.25) is 0 Å². The van der Waals surface area contributed by atoms with Crippen LogP contribution in [0.4, 0.5) is 0 Å². The van der Waals surface area contributed by atoms with E-state index in [1.807, 2.05) is 0 Å². The van der Waals surface area contributed by atoms with Crippen molar-refractivity contribution in [1.82, 2.24) is 5.32 Å². The molecule has 3 N–H and O–H groups in total. The van der Waals surface area contributed by atoms with Crippen LogP contribution in [0, 0.1) is 0 Å². The van der Waals surface area contributed by atoms with Crippen molar-refractivity contribution in [2.24, 2.45) is 0 Å². The van der Waals surface area contributed by atoms with E-state index in [0.717, 1.165) is 12.8 Å². The van der Waals surface area contributed by atoms with Gasteiger partial charge >= 0.3 is 8.25 Å². The number of carbonyl (C=O) groups excluding carboxylic acids is 1. The molecule has 0 rings (SSSR count). The van der Waals surface area contributed by atoms with E-state index in [4.69, 9.17) is 14.4 Å². The van der Waals surface area contributed by atoms with Gasteiger partial charge in [0.25, 0.3) is 0 Å². The van der Waals surface area contributed by atoms with Crippen molar-refractivity contribution < 1.29 is 19.1 Å². The zero-order chi connectivity index (χ0) is 11.6. The topological polar surface area (TPSA) is 86.6 Å². The molecule has 0 aliphatic carbocycles. The Hall–Kier alpha value is -0.770. The summed E-state index contributed by atoms with van der Waals surface area (Å²) in [6, 6.07) is 0.311. The van der Waals surface area contributed by atoms with Crippen LogP contribution >= 0.6 is 8.25 Å². The highest BCUT2D eigenvalue weighted by molar-refractivity contribution is 7.30. The highest BCUT2D eigenvalue weighted by Crippen LogP contribution is 1.98. The van der Waals surface area contributed by atoms with E-state index in [0.29, 0.717) is 6.04 Å². The van der Waals surface area contributed by atoms with E-state index in [2.05, 4.69) is 25.7 Å². The smallest absolute Gasteiger partial charge is 0.350 e. The van der Waals surface area contributed by atoms with Gasteiger partial charge in [0.1, 0.15) is 0 Å². The van der Waals surface area contributed by atoms with Crippen molar-refractivity contribution in [2.45, 2.75) is 32.7 Å². The lowest BCUT2D eigenvalue weighted by molar-refractivity contribution is -0.117. The van der Waals surface area contributed by atoms with E-state index in [1.54, 1.807) is 0 Å². The second kappa shape index (κ2) is 10.3. The Morgan fingerprint density at radius 3 is 2.07 bits per heavy atom. The number of hydrogen-bond acceptors (Lipinski definition) is 2. The van der Waals surface area contributed by atoms with Crippen LogP contribution in [0.15, 0.2) is 12.7 Å². The number of nitrogens with one attached hydrogen (secondary N) is 1. The van der Waals surface area contributed by atoms with E-state index < -0.39 is 8.25 Å². The van der Waals surface area contributed by atoms with Crippen molar-refractivity contribution in [1.29, 1.82) is 0 Å². The van der Waals surface area contributed by atoms with Crippen LogP contribution in [0.3, 0.4) is 0 Å². The number of hydrogen-bond donors (Lipinski definition) is 3. The Kier molecular flexibility index (Phi) is 11.6. The van der Waals surface area contributed by atoms with E-state index in [9.17, 15) is 4.79 Å². The quantitative estimate of drug-likeness (QED) is 0.491. The minimum Gasteiger partial charge on any atom is -0.350 e. The first kappa shape index (κ1) is 15.7. The summed E-state index contributed by atoms with van der Waals surface area (Å²) in [7, 11) is -2.87. The zero-order valence-electron chi connectivity index (χ0n) is 8.43. The first-order valence-electron chi connectivity index (χ1n) is 4.25. The summed E-state index contributed by atoms with van der Waals surface area (Å²) < 4.78 is 8.70. The molecule has 0 bridgehead atoms. The molecule has 0 aliphatic heterocycles. The maximum absolute atomic E-state index is 10.7. The Bertz CT molecular complexity index is 188. The molecule has 5 nitrogen and oxygen atoms in total. The SMILES string of the molecule is C=CC(=O)NC(CC)CC.O=[P+](O)O. The molecule has 1 amide bonds. The molecular weight excluding hydrogens is 205 g/mol. The molecule has 6 heteroatoms. The van der Waals surface area contributed by atoms with Crippen molar-refractivity contribution in [3.8, 4) is 0 Å². The van der Waals surface area contributed by atoms with Crippen LogP contribution in [-0.2, 0) is 9.36 Å². The van der Waals surface area contributed by atoms with Gasteiger partial charge in [-0.15, -0.1) is 9.79 Å². The summed E-state index contributed by atoms with van der Waals surface area (Å²) >= 11 is 0. The molecule has 82 valence electrons. The third-order valence-electron chi connectivity index (χ3n) is 1.52. The maximum atomic E-state index is 10.7. The Morgan fingerprint density at radius 1 is 1.50 bits per heavy atom. The van der Waals surface area contributed by atoms with Crippen molar-refractivity contribution >= 4 is 14.2 Å². The molecule has 0 saturated carbocycles. The lowest BCUT2D eigenvalue weighted by Crippen LogP contribution is -2.32. The van der Waals surface area contributed by atoms with Crippen LogP contribution in [0.25, 0.3) is 0 Å². The highest BCUT2D eigenvalue weighted by Gasteiger charge is 2.03. The molecule has 0 fully saturated rings. The summed E-state index contributed by atoms with van der Waals surface area (Å²) in [5.74, 6) is -0.0753. The van der Waals surface area contributed by atoms with Gasteiger partial charge in [-0.3, -0.25) is 4.79 Å². The first-order chi connectivity index (χ1) is 6.47. The molecule has 14 heavy (non-hydrogen) atoms. The predicted molar refractivity (Wildman–Crippen MR) is 54.8 cm³/mol. The fourth-order valence-corrected chi connectivity index (χ4v) is 0.753. The third-order valence-corrected chi connectivity index (χ3v) is 1.52. The average molecular weight is 222 g/mol. The molecule has 0 unspecified atom stereocenters. The van der Waals surface area contributed by atoms with Gasteiger partial charge in [0.15, 0.2) is 0 Å². The van der Waals surface area contributed by atoms with Crippen molar-refractivity contribution in [3.05, 3.63) is 12.7 Å². The first-order valence-corrected chi connectivity index (χ1v) is 5.42.